The van der Waals surface area contributed by atoms with E-state index in [-0.39, 0.29) is 18.1 Å². The summed E-state index contributed by atoms with van der Waals surface area (Å²) < 4.78 is 4.98. The smallest absolute Gasteiger partial charge is 0.336 e. The molecule has 1 amide bonds. The average Bonchev–Trinajstić information content (AvgIpc) is 2.27. The van der Waals surface area contributed by atoms with Gasteiger partial charge in [-0.05, 0) is 18.2 Å². The molecule has 1 aliphatic heterocycles. The lowest BCUT2D eigenvalue weighted by atomic mass is 10.00. The minimum absolute atomic E-state index is 0.171. The predicted octanol–water partition coefficient (Wildman–Crippen LogP) is 1.32. The third-order valence-electron chi connectivity index (χ3n) is 2.66. The Balaban J connectivity index is 2.33. The Hall–Kier alpha value is -2.43. The Morgan fingerprint density at radius 3 is 2.76 bits per heavy atom. The van der Waals surface area contributed by atoms with Gasteiger partial charge >= 0.3 is 5.63 Å². The van der Waals surface area contributed by atoms with Crippen molar-refractivity contribution in [3.8, 4) is 0 Å². The molecule has 0 radical (unpaired) electrons. The molecule has 2 aromatic rings. The van der Waals surface area contributed by atoms with E-state index in [9.17, 15) is 14.4 Å². The number of ketones is 1. The standard InChI is InChI=1S/C12H7NO4/c14-9-5-11(15)13-8-3-6-1-2-12(16)17-10(6)4-7(8)9/h1-4H,5H2,(H,13,15). The van der Waals surface area contributed by atoms with Crippen LogP contribution in [-0.2, 0) is 4.79 Å². The highest BCUT2D eigenvalue weighted by Crippen LogP contribution is 2.27. The van der Waals surface area contributed by atoms with Crippen molar-refractivity contribution in [2.45, 2.75) is 6.42 Å². The Kier molecular flexibility index (Phi) is 1.89. The zero-order chi connectivity index (χ0) is 12.0. The normalized spacial score (nSPS) is 14.6. The molecule has 2 heterocycles. The molecular formula is C12H7NO4. The maximum absolute atomic E-state index is 11.6. The summed E-state index contributed by atoms with van der Waals surface area (Å²) in [6.07, 6.45) is -0.171. The topological polar surface area (TPSA) is 76.4 Å². The number of rotatable bonds is 0. The van der Waals surface area contributed by atoms with Crippen LogP contribution in [0.1, 0.15) is 16.8 Å². The number of anilines is 1. The third-order valence-corrected chi connectivity index (χ3v) is 2.66. The fraction of sp³-hybridized carbons (Fsp3) is 0.0833. The van der Waals surface area contributed by atoms with Crippen LogP contribution >= 0.6 is 0 Å². The highest BCUT2D eigenvalue weighted by molar-refractivity contribution is 6.20. The molecule has 3 rings (SSSR count). The summed E-state index contributed by atoms with van der Waals surface area (Å²) in [5, 5.41) is 3.28. The van der Waals surface area contributed by atoms with Crippen molar-refractivity contribution in [3.05, 3.63) is 40.2 Å². The highest BCUT2D eigenvalue weighted by Gasteiger charge is 2.23. The lowest BCUT2D eigenvalue weighted by Crippen LogP contribution is -2.23. The summed E-state index contributed by atoms with van der Waals surface area (Å²) in [4.78, 5) is 33.9. The van der Waals surface area contributed by atoms with Gasteiger partial charge in [0.1, 0.15) is 5.58 Å². The zero-order valence-corrected chi connectivity index (χ0v) is 8.65. The number of hydrogen-bond donors (Lipinski definition) is 1. The van der Waals surface area contributed by atoms with Gasteiger partial charge in [0.25, 0.3) is 0 Å². The molecule has 5 heteroatoms. The van der Waals surface area contributed by atoms with E-state index >= 15 is 0 Å². The van der Waals surface area contributed by atoms with Crippen molar-refractivity contribution < 1.29 is 14.0 Å². The molecule has 5 nitrogen and oxygen atoms in total. The van der Waals surface area contributed by atoms with Gasteiger partial charge in [0.05, 0.1) is 12.1 Å². The van der Waals surface area contributed by atoms with Crippen LogP contribution in [0.25, 0.3) is 11.0 Å². The number of carbonyl (C=O) groups excluding carboxylic acids is 2. The van der Waals surface area contributed by atoms with Gasteiger partial charge in [-0.25, -0.2) is 4.79 Å². The number of Topliss-reactive ketones (excluding diaryl/α,β-unsaturated/α-hetero) is 1. The SMILES string of the molecule is O=C1CC(=O)c2cc3oc(=O)ccc3cc2N1. The summed E-state index contributed by atoms with van der Waals surface area (Å²) in [7, 11) is 0. The van der Waals surface area contributed by atoms with Crippen molar-refractivity contribution in [2.24, 2.45) is 0 Å². The summed E-state index contributed by atoms with van der Waals surface area (Å²) in [5.74, 6) is -0.587. The summed E-state index contributed by atoms with van der Waals surface area (Å²) in [6.45, 7) is 0. The lowest BCUT2D eigenvalue weighted by molar-refractivity contribution is -0.115. The van der Waals surface area contributed by atoms with Crippen LogP contribution in [0.15, 0.2) is 33.5 Å². The van der Waals surface area contributed by atoms with Crippen molar-refractivity contribution in [1.82, 2.24) is 0 Å². The van der Waals surface area contributed by atoms with E-state index in [1.807, 2.05) is 0 Å². The molecule has 0 saturated heterocycles. The second-order valence-electron chi connectivity index (χ2n) is 3.84. The maximum Gasteiger partial charge on any atom is 0.336 e. The van der Waals surface area contributed by atoms with E-state index in [1.54, 1.807) is 12.1 Å². The van der Waals surface area contributed by atoms with E-state index < -0.39 is 5.63 Å². The van der Waals surface area contributed by atoms with Crippen molar-refractivity contribution >= 4 is 28.3 Å². The third kappa shape index (κ3) is 1.52. The van der Waals surface area contributed by atoms with Gasteiger partial charge < -0.3 is 9.73 Å². The Bertz CT molecular complexity index is 714. The number of nitrogens with one attached hydrogen (secondary N) is 1. The first-order valence-corrected chi connectivity index (χ1v) is 5.04. The maximum atomic E-state index is 11.6. The van der Waals surface area contributed by atoms with Gasteiger partial charge in [-0.3, -0.25) is 9.59 Å². The van der Waals surface area contributed by atoms with Crippen LogP contribution < -0.4 is 10.9 Å². The molecule has 1 N–H and O–H groups in total. The predicted molar refractivity (Wildman–Crippen MR) is 60.1 cm³/mol. The summed E-state index contributed by atoms with van der Waals surface area (Å²) in [6, 6.07) is 6.00. The highest BCUT2D eigenvalue weighted by atomic mass is 16.4. The molecule has 1 aromatic heterocycles. The van der Waals surface area contributed by atoms with E-state index in [4.69, 9.17) is 4.42 Å². The fourth-order valence-electron chi connectivity index (χ4n) is 1.88. The summed E-state index contributed by atoms with van der Waals surface area (Å²) >= 11 is 0. The number of fused-ring (bicyclic) bond motifs is 2. The number of carbonyl (C=O) groups is 2. The molecular weight excluding hydrogens is 222 g/mol. The van der Waals surface area contributed by atoms with Crippen LogP contribution in [-0.4, -0.2) is 11.7 Å². The largest absolute Gasteiger partial charge is 0.423 e. The van der Waals surface area contributed by atoms with Crippen LogP contribution in [0.5, 0.6) is 0 Å². The molecule has 0 bridgehead atoms. The molecule has 0 saturated carbocycles. The molecule has 0 spiro atoms. The van der Waals surface area contributed by atoms with Gasteiger partial charge in [-0.2, -0.15) is 0 Å². The molecule has 0 unspecified atom stereocenters. The first-order chi connectivity index (χ1) is 8.13. The Morgan fingerprint density at radius 2 is 1.94 bits per heavy atom. The fourth-order valence-corrected chi connectivity index (χ4v) is 1.88. The Morgan fingerprint density at radius 1 is 1.12 bits per heavy atom. The molecule has 0 aliphatic carbocycles. The van der Waals surface area contributed by atoms with E-state index in [0.717, 1.165) is 0 Å². The van der Waals surface area contributed by atoms with Crippen molar-refractivity contribution in [1.29, 1.82) is 0 Å². The van der Waals surface area contributed by atoms with Crippen molar-refractivity contribution in [3.63, 3.8) is 0 Å². The minimum Gasteiger partial charge on any atom is -0.423 e. The second-order valence-corrected chi connectivity index (χ2v) is 3.84. The Labute approximate surface area is 95.0 Å². The van der Waals surface area contributed by atoms with Crippen molar-refractivity contribution in [2.75, 3.05) is 5.32 Å². The molecule has 17 heavy (non-hydrogen) atoms. The minimum atomic E-state index is -0.468. The van der Waals surface area contributed by atoms with E-state index in [0.29, 0.717) is 22.2 Å². The molecule has 1 aliphatic rings. The molecule has 0 fully saturated rings. The van der Waals surface area contributed by atoms with Crippen LogP contribution in [0.4, 0.5) is 5.69 Å². The van der Waals surface area contributed by atoms with E-state index in [1.165, 1.54) is 12.1 Å². The molecule has 0 atom stereocenters. The first kappa shape index (κ1) is 9.77. The van der Waals surface area contributed by atoms with Gasteiger partial charge in [0, 0.05) is 17.0 Å². The second kappa shape index (κ2) is 3.28. The number of hydrogen-bond acceptors (Lipinski definition) is 4. The number of amides is 1. The monoisotopic (exact) mass is 229 g/mol. The molecule has 84 valence electrons. The summed E-state index contributed by atoms with van der Waals surface area (Å²) in [5.41, 5.74) is 0.726. The van der Waals surface area contributed by atoms with Gasteiger partial charge in [-0.15, -0.1) is 0 Å². The zero-order valence-electron chi connectivity index (χ0n) is 8.65. The quantitative estimate of drug-likeness (QED) is 0.546. The van der Waals surface area contributed by atoms with E-state index in [2.05, 4.69) is 5.32 Å². The van der Waals surface area contributed by atoms with Gasteiger partial charge in [0.2, 0.25) is 5.91 Å². The average molecular weight is 229 g/mol. The number of benzene rings is 1. The van der Waals surface area contributed by atoms with Crippen LogP contribution in [0.3, 0.4) is 0 Å². The van der Waals surface area contributed by atoms with Crippen LogP contribution in [0, 0.1) is 0 Å². The van der Waals surface area contributed by atoms with Gasteiger partial charge in [-0.1, -0.05) is 0 Å². The van der Waals surface area contributed by atoms with Gasteiger partial charge in [0.15, 0.2) is 5.78 Å². The van der Waals surface area contributed by atoms with Crippen LogP contribution in [0.2, 0.25) is 0 Å². The molecule has 1 aromatic carbocycles. The lowest BCUT2D eigenvalue weighted by Gasteiger charge is -2.15. The first-order valence-electron chi connectivity index (χ1n) is 5.04.